The number of aromatic amines is 1. The quantitative estimate of drug-likeness (QED) is 0.605. The predicted molar refractivity (Wildman–Crippen MR) is 111 cm³/mol. The number of fused-ring (bicyclic) bond motifs is 4. The predicted octanol–water partition coefficient (Wildman–Crippen LogP) is 2.32. The molecule has 0 saturated heterocycles. The Bertz CT molecular complexity index is 1130. The first-order valence-electron chi connectivity index (χ1n) is 9.64. The van der Waals surface area contributed by atoms with Crippen LogP contribution in [0.4, 0.5) is 5.13 Å². The van der Waals surface area contributed by atoms with E-state index in [0.29, 0.717) is 17.4 Å². The van der Waals surface area contributed by atoms with Crippen molar-refractivity contribution in [3.8, 4) is 0 Å². The summed E-state index contributed by atoms with van der Waals surface area (Å²) in [5.74, 6) is 0.448. The second-order valence-electron chi connectivity index (χ2n) is 7.49. The van der Waals surface area contributed by atoms with Crippen molar-refractivity contribution in [1.82, 2.24) is 15.0 Å². The van der Waals surface area contributed by atoms with Crippen molar-refractivity contribution in [2.75, 3.05) is 5.32 Å². The van der Waals surface area contributed by atoms with E-state index < -0.39 is 0 Å². The molecule has 28 heavy (non-hydrogen) atoms. The van der Waals surface area contributed by atoms with E-state index in [2.05, 4.69) is 20.3 Å². The minimum Gasteiger partial charge on any atom is -0.327 e. The zero-order valence-corrected chi connectivity index (χ0v) is 17.0. The van der Waals surface area contributed by atoms with Crippen molar-refractivity contribution in [1.29, 1.82) is 0 Å². The zero-order chi connectivity index (χ0) is 19.3. The van der Waals surface area contributed by atoms with Crippen LogP contribution in [0.15, 0.2) is 4.79 Å². The highest BCUT2D eigenvalue weighted by atomic mass is 32.1. The second kappa shape index (κ2) is 7.06. The first kappa shape index (κ1) is 18.0. The number of hydrogen-bond acceptors (Lipinski definition) is 7. The van der Waals surface area contributed by atoms with Crippen molar-refractivity contribution in [2.24, 2.45) is 5.73 Å². The van der Waals surface area contributed by atoms with Gasteiger partial charge in [-0.2, -0.15) is 0 Å². The molecule has 1 atom stereocenters. The van der Waals surface area contributed by atoms with Gasteiger partial charge in [0, 0.05) is 28.6 Å². The Balaban J connectivity index is 1.26. The summed E-state index contributed by atoms with van der Waals surface area (Å²) in [6.07, 6.45) is 6.42. The molecule has 0 aliphatic heterocycles. The first-order valence-corrected chi connectivity index (χ1v) is 11.3. The third-order valence-corrected chi connectivity index (χ3v) is 7.66. The van der Waals surface area contributed by atoms with E-state index in [4.69, 9.17) is 5.73 Å². The summed E-state index contributed by atoms with van der Waals surface area (Å²) in [5, 5.41) is 4.26. The van der Waals surface area contributed by atoms with E-state index in [-0.39, 0.29) is 23.9 Å². The summed E-state index contributed by atoms with van der Waals surface area (Å²) >= 11 is 3.13. The van der Waals surface area contributed by atoms with Gasteiger partial charge in [-0.1, -0.05) is 0 Å². The molecule has 0 saturated carbocycles. The fourth-order valence-corrected chi connectivity index (χ4v) is 6.43. The van der Waals surface area contributed by atoms with Crippen molar-refractivity contribution >= 4 is 43.9 Å². The van der Waals surface area contributed by atoms with Crippen molar-refractivity contribution in [3.63, 3.8) is 0 Å². The van der Waals surface area contributed by atoms with Crippen LogP contribution in [0, 0.1) is 0 Å². The molecular weight excluding hydrogens is 394 g/mol. The minimum absolute atomic E-state index is 0.0799. The molecule has 146 valence electrons. The number of carbonyl (C=O) groups excluding carboxylic acids is 1. The molecule has 5 rings (SSSR count). The normalized spacial score (nSPS) is 18.2. The van der Waals surface area contributed by atoms with Gasteiger partial charge in [-0.05, 0) is 44.1 Å². The van der Waals surface area contributed by atoms with Gasteiger partial charge in [0.15, 0.2) is 5.13 Å². The lowest BCUT2D eigenvalue weighted by Crippen LogP contribution is -2.27. The molecule has 2 aliphatic rings. The van der Waals surface area contributed by atoms with E-state index in [9.17, 15) is 9.59 Å². The van der Waals surface area contributed by atoms with E-state index in [0.717, 1.165) is 54.4 Å². The Kier molecular flexibility index (Phi) is 4.53. The van der Waals surface area contributed by atoms with Crippen LogP contribution in [0.2, 0.25) is 0 Å². The van der Waals surface area contributed by atoms with Gasteiger partial charge in [0.05, 0.1) is 11.1 Å². The Hall–Kier alpha value is -2.10. The van der Waals surface area contributed by atoms with E-state index in [1.165, 1.54) is 26.7 Å². The van der Waals surface area contributed by atoms with Crippen molar-refractivity contribution in [2.45, 2.75) is 57.4 Å². The number of aromatic nitrogens is 3. The molecule has 3 aromatic heterocycles. The largest absolute Gasteiger partial charge is 0.327 e. The number of carbonyl (C=O) groups is 1. The number of thiophene rings is 1. The molecule has 0 radical (unpaired) electrons. The number of anilines is 1. The smallest absolute Gasteiger partial charge is 0.259 e. The fourth-order valence-electron chi connectivity index (χ4n) is 4.03. The summed E-state index contributed by atoms with van der Waals surface area (Å²) < 4.78 is 0. The number of hydrogen-bond donors (Lipinski definition) is 3. The van der Waals surface area contributed by atoms with Crippen LogP contribution in [0.25, 0.3) is 10.2 Å². The number of rotatable bonds is 4. The Morgan fingerprint density at radius 1 is 1.21 bits per heavy atom. The summed E-state index contributed by atoms with van der Waals surface area (Å²) in [6, 6.07) is 0.188. The molecule has 4 N–H and O–H groups in total. The lowest BCUT2D eigenvalue weighted by Gasteiger charge is -2.15. The van der Waals surface area contributed by atoms with Crippen LogP contribution in [-0.2, 0) is 36.9 Å². The third-order valence-electron chi connectivity index (χ3n) is 5.44. The summed E-state index contributed by atoms with van der Waals surface area (Å²) in [6.45, 7) is 0. The number of amides is 1. The van der Waals surface area contributed by atoms with Gasteiger partial charge in [-0.15, -0.1) is 22.7 Å². The molecule has 0 bridgehead atoms. The van der Waals surface area contributed by atoms with Gasteiger partial charge in [0.25, 0.3) is 5.56 Å². The number of H-pyrrole nitrogens is 1. The maximum absolute atomic E-state index is 12.5. The first-order chi connectivity index (χ1) is 13.6. The number of nitrogens with one attached hydrogen (secondary N) is 2. The zero-order valence-electron chi connectivity index (χ0n) is 15.3. The highest BCUT2D eigenvalue weighted by Gasteiger charge is 2.22. The standard InChI is InChI=1S/C19H21N5O2S2/c20-9-4-5-11-13(8-9)28-19(21-11)24-15(25)7-6-14-22-17(26)16-10-2-1-3-12(10)27-18(16)23-14/h9H,1-8,20H2,(H,21,24,25)(H,22,23,26)/t9-/m0/s1. The van der Waals surface area contributed by atoms with E-state index >= 15 is 0 Å². The molecule has 0 aromatic carbocycles. The topological polar surface area (TPSA) is 114 Å². The van der Waals surface area contributed by atoms with Crippen LogP contribution in [0.1, 0.15) is 46.1 Å². The number of thiazole rings is 1. The van der Waals surface area contributed by atoms with Crippen LogP contribution < -0.4 is 16.6 Å². The third kappa shape index (κ3) is 3.27. The average Bonchev–Trinajstić information content (AvgIpc) is 3.33. The van der Waals surface area contributed by atoms with Gasteiger partial charge in [0.1, 0.15) is 10.7 Å². The summed E-state index contributed by atoms with van der Waals surface area (Å²) in [5.41, 5.74) is 8.15. The fraction of sp³-hybridized carbons (Fsp3) is 0.474. The SMILES string of the molecule is N[C@H]1CCc2nc(NC(=O)CCc3nc4sc5c(c4c(=O)[nH]3)CCC5)sc2C1. The molecular formula is C19H21N5O2S2. The molecule has 1 amide bonds. The Labute approximate surface area is 169 Å². The monoisotopic (exact) mass is 415 g/mol. The second-order valence-corrected chi connectivity index (χ2v) is 9.66. The van der Waals surface area contributed by atoms with E-state index in [1.54, 1.807) is 11.3 Å². The lowest BCUT2D eigenvalue weighted by molar-refractivity contribution is -0.116. The van der Waals surface area contributed by atoms with Crippen LogP contribution in [0.5, 0.6) is 0 Å². The molecule has 0 spiro atoms. The summed E-state index contributed by atoms with van der Waals surface area (Å²) in [4.78, 5) is 40.1. The highest BCUT2D eigenvalue weighted by Crippen LogP contribution is 2.34. The Morgan fingerprint density at radius 3 is 3.00 bits per heavy atom. The molecule has 2 aliphatic carbocycles. The minimum atomic E-state index is -0.119. The Morgan fingerprint density at radius 2 is 2.11 bits per heavy atom. The molecule has 3 heterocycles. The molecule has 0 unspecified atom stereocenters. The van der Waals surface area contributed by atoms with Gasteiger partial charge in [-0.25, -0.2) is 9.97 Å². The number of nitrogens with zero attached hydrogens (tertiary/aromatic N) is 2. The van der Waals surface area contributed by atoms with E-state index in [1.807, 2.05) is 0 Å². The van der Waals surface area contributed by atoms with Crippen molar-refractivity contribution < 1.29 is 4.79 Å². The van der Waals surface area contributed by atoms with Crippen molar-refractivity contribution in [3.05, 3.63) is 37.2 Å². The maximum atomic E-state index is 12.5. The molecule has 9 heteroatoms. The van der Waals surface area contributed by atoms with Gasteiger partial charge < -0.3 is 16.0 Å². The summed E-state index contributed by atoms with van der Waals surface area (Å²) in [7, 11) is 0. The molecule has 7 nitrogen and oxygen atoms in total. The lowest BCUT2D eigenvalue weighted by atomic mass is 9.99. The van der Waals surface area contributed by atoms with Crippen LogP contribution in [-0.4, -0.2) is 26.9 Å². The number of aryl methyl sites for hydroxylation is 4. The van der Waals surface area contributed by atoms with Gasteiger partial charge in [-0.3, -0.25) is 9.59 Å². The van der Waals surface area contributed by atoms with Gasteiger partial charge >= 0.3 is 0 Å². The average molecular weight is 416 g/mol. The highest BCUT2D eigenvalue weighted by molar-refractivity contribution is 7.18. The van der Waals surface area contributed by atoms with Crippen LogP contribution in [0.3, 0.4) is 0 Å². The molecule has 0 fully saturated rings. The van der Waals surface area contributed by atoms with Gasteiger partial charge in [0.2, 0.25) is 5.91 Å². The molecule has 3 aromatic rings. The number of nitrogens with two attached hydrogens (primary N) is 1. The van der Waals surface area contributed by atoms with Crippen LogP contribution >= 0.6 is 22.7 Å². The maximum Gasteiger partial charge on any atom is 0.259 e.